The highest BCUT2D eigenvalue weighted by atomic mass is 32.2. The van der Waals surface area contributed by atoms with Crippen LogP contribution in [0.2, 0.25) is 0 Å². The number of likely N-dealkylation sites (tertiary alicyclic amines) is 1. The Labute approximate surface area is 214 Å². The van der Waals surface area contributed by atoms with Crippen LogP contribution in [0.25, 0.3) is 0 Å². The van der Waals surface area contributed by atoms with Crippen LogP contribution in [0, 0.1) is 19.8 Å². The van der Waals surface area contributed by atoms with E-state index in [0.717, 1.165) is 31.4 Å². The number of carbonyl (C=O) groups excluding carboxylic acids is 2. The molecule has 0 atom stereocenters. The van der Waals surface area contributed by atoms with Crippen LogP contribution in [0.5, 0.6) is 0 Å². The summed E-state index contributed by atoms with van der Waals surface area (Å²) < 4.78 is 66.9. The summed E-state index contributed by atoms with van der Waals surface area (Å²) in [4.78, 5) is 30.7. The standard InChI is InChI=1S/C25H31F3N4O4S/c1-16-21(24(34)31-12-4-3-5-13-31)22(17(2)29-16)37(35,36)32-14-10-18(11-15-32)23(33)30-20-8-6-19(7-9-20)25(26,27)28/h6-9,18,29H,3-5,10-15H2,1-2H3,(H,30,33). The second-order valence-electron chi connectivity index (χ2n) is 9.67. The Morgan fingerprint density at radius 2 is 1.54 bits per heavy atom. The molecule has 202 valence electrons. The van der Waals surface area contributed by atoms with Crippen molar-refractivity contribution in [2.24, 2.45) is 5.92 Å². The van der Waals surface area contributed by atoms with Crippen LogP contribution in [-0.4, -0.2) is 60.6 Å². The fourth-order valence-corrected chi connectivity index (χ4v) is 6.95. The van der Waals surface area contributed by atoms with E-state index < -0.39 is 27.7 Å². The lowest BCUT2D eigenvalue weighted by atomic mass is 9.97. The number of nitrogens with one attached hydrogen (secondary N) is 2. The smallest absolute Gasteiger partial charge is 0.361 e. The van der Waals surface area contributed by atoms with Gasteiger partial charge in [0.2, 0.25) is 15.9 Å². The number of carbonyl (C=O) groups is 2. The average Bonchev–Trinajstić information content (AvgIpc) is 3.18. The maximum atomic E-state index is 13.7. The third kappa shape index (κ3) is 5.69. The Hall–Kier alpha value is -2.86. The van der Waals surface area contributed by atoms with Crippen LogP contribution in [0.15, 0.2) is 29.2 Å². The molecule has 2 aliphatic heterocycles. The fourth-order valence-electron chi connectivity index (χ4n) is 5.07. The zero-order chi connectivity index (χ0) is 27.0. The molecule has 2 aliphatic rings. The second kappa shape index (κ2) is 10.5. The molecule has 0 saturated carbocycles. The number of amides is 2. The molecule has 2 fully saturated rings. The molecule has 3 heterocycles. The summed E-state index contributed by atoms with van der Waals surface area (Å²) >= 11 is 0. The van der Waals surface area contributed by atoms with Gasteiger partial charge in [0, 0.05) is 49.2 Å². The zero-order valence-electron chi connectivity index (χ0n) is 20.8. The molecule has 4 rings (SSSR count). The molecular formula is C25H31F3N4O4S. The van der Waals surface area contributed by atoms with Crippen molar-refractivity contribution < 1.29 is 31.2 Å². The van der Waals surface area contributed by atoms with Crippen molar-refractivity contribution >= 4 is 27.5 Å². The number of benzene rings is 1. The Bertz CT molecular complexity index is 1260. The lowest BCUT2D eigenvalue weighted by Crippen LogP contribution is -2.42. The normalized spacial score (nSPS) is 18.1. The van der Waals surface area contributed by atoms with Crippen molar-refractivity contribution in [1.82, 2.24) is 14.2 Å². The molecule has 0 radical (unpaired) electrons. The topological polar surface area (TPSA) is 103 Å². The number of rotatable bonds is 5. The van der Waals surface area contributed by atoms with E-state index in [1.165, 1.54) is 16.4 Å². The molecule has 0 spiro atoms. The van der Waals surface area contributed by atoms with Crippen molar-refractivity contribution in [3.63, 3.8) is 0 Å². The molecule has 8 nitrogen and oxygen atoms in total. The van der Waals surface area contributed by atoms with Crippen molar-refractivity contribution in [3.8, 4) is 0 Å². The van der Waals surface area contributed by atoms with Crippen LogP contribution in [0.1, 0.15) is 59.4 Å². The summed E-state index contributed by atoms with van der Waals surface area (Å²) in [6.07, 6.45) is -1.14. The zero-order valence-corrected chi connectivity index (χ0v) is 21.6. The van der Waals surface area contributed by atoms with Gasteiger partial charge in [-0.05, 0) is 70.2 Å². The number of H-pyrrole nitrogens is 1. The van der Waals surface area contributed by atoms with Gasteiger partial charge in [-0.1, -0.05) is 0 Å². The molecule has 2 amide bonds. The van der Waals surface area contributed by atoms with E-state index in [1.54, 1.807) is 18.7 Å². The van der Waals surface area contributed by atoms with Gasteiger partial charge in [-0.2, -0.15) is 17.5 Å². The number of piperidine rings is 2. The quantitative estimate of drug-likeness (QED) is 0.590. The molecule has 2 aromatic rings. The highest BCUT2D eigenvalue weighted by Gasteiger charge is 2.38. The number of hydrogen-bond donors (Lipinski definition) is 2. The van der Waals surface area contributed by atoms with Gasteiger partial charge in [-0.15, -0.1) is 0 Å². The SMILES string of the molecule is Cc1[nH]c(C)c(S(=O)(=O)N2CCC(C(=O)Nc3ccc(C(F)(F)F)cc3)CC2)c1C(=O)N1CCCCC1. The molecular weight excluding hydrogens is 509 g/mol. The summed E-state index contributed by atoms with van der Waals surface area (Å²) in [5, 5.41) is 2.62. The van der Waals surface area contributed by atoms with Crippen molar-refractivity contribution in [2.75, 3.05) is 31.5 Å². The van der Waals surface area contributed by atoms with Crippen LogP contribution in [-0.2, 0) is 21.0 Å². The summed E-state index contributed by atoms with van der Waals surface area (Å²) in [7, 11) is -4.00. The first-order valence-corrected chi connectivity index (χ1v) is 13.8. The molecule has 12 heteroatoms. The third-order valence-electron chi connectivity index (χ3n) is 7.08. The predicted molar refractivity (Wildman–Crippen MR) is 132 cm³/mol. The first kappa shape index (κ1) is 27.2. The first-order valence-electron chi connectivity index (χ1n) is 12.4. The van der Waals surface area contributed by atoms with Gasteiger partial charge in [-0.25, -0.2) is 8.42 Å². The summed E-state index contributed by atoms with van der Waals surface area (Å²) in [6, 6.07) is 4.18. The lowest BCUT2D eigenvalue weighted by molar-refractivity contribution is -0.137. The monoisotopic (exact) mass is 540 g/mol. The predicted octanol–water partition coefficient (Wildman–Crippen LogP) is 4.32. The number of anilines is 1. The largest absolute Gasteiger partial charge is 0.416 e. The van der Waals surface area contributed by atoms with E-state index >= 15 is 0 Å². The van der Waals surface area contributed by atoms with E-state index in [4.69, 9.17) is 0 Å². The maximum absolute atomic E-state index is 13.7. The molecule has 1 aromatic heterocycles. The first-order chi connectivity index (χ1) is 17.4. The van der Waals surface area contributed by atoms with Gasteiger partial charge >= 0.3 is 6.18 Å². The van der Waals surface area contributed by atoms with Gasteiger partial charge in [0.1, 0.15) is 4.90 Å². The van der Waals surface area contributed by atoms with Crippen LogP contribution >= 0.6 is 0 Å². The second-order valence-corrected chi connectivity index (χ2v) is 11.5. The average molecular weight is 541 g/mol. The van der Waals surface area contributed by atoms with Crippen molar-refractivity contribution in [2.45, 2.75) is 57.0 Å². The molecule has 0 bridgehead atoms. The lowest BCUT2D eigenvalue weighted by Gasteiger charge is -2.31. The summed E-state index contributed by atoms with van der Waals surface area (Å²) in [5.74, 6) is -1.14. The minimum Gasteiger partial charge on any atom is -0.361 e. The fraction of sp³-hybridized carbons (Fsp3) is 0.520. The highest BCUT2D eigenvalue weighted by molar-refractivity contribution is 7.89. The van der Waals surface area contributed by atoms with Crippen LogP contribution < -0.4 is 5.32 Å². The number of alkyl halides is 3. The molecule has 1 aromatic carbocycles. The van der Waals surface area contributed by atoms with Crippen molar-refractivity contribution in [3.05, 3.63) is 46.8 Å². The Morgan fingerprint density at radius 1 is 0.946 bits per heavy atom. The molecule has 2 saturated heterocycles. The number of hydrogen-bond acceptors (Lipinski definition) is 4. The van der Waals surface area contributed by atoms with Gasteiger partial charge in [0.25, 0.3) is 5.91 Å². The molecule has 0 aliphatic carbocycles. The van der Waals surface area contributed by atoms with E-state index in [2.05, 4.69) is 10.3 Å². The van der Waals surface area contributed by atoms with Gasteiger partial charge in [-0.3, -0.25) is 9.59 Å². The van der Waals surface area contributed by atoms with E-state index in [9.17, 15) is 31.2 Å². The Balaban J connectivity index is 1.44. The molecule has 0 unspecified atom stereocenters. The van der Waals surface area contributed by atoms with Crippen LogP contribution in [0.4, 0.5) is 18.9 Å². The summed E-state index contributed by atoms with van der Waals surface area (Å²) in [6.45, 7) is 4.71. The number of halogens is 3. The number of aryl methyl sites for hydroxylation is 2. The van der Waals surface area contributed by atoms with E-state index in [1.807, 2.05) is 0 Å². The highest BCUT2D eigenvalue weighted by Crippen LogP contribution is 2.32. The van der Waals surface area contributed by atoms with Crippen molar-refractivity contribution in [1.29, 1.82) is 0 Å². The van der Waals surface area contributed by atoms with Gasteiger partial charge in [0.15, 0.2) is 0 Å². The minimum atomic E-state index is -4.46. The molecule has 37 heavy (non-hydrogen) atoms. The number of nitrogens with zero attached hydrogens (tertiary/aromatic N) is 2. The Morgan fingerprint density at radius 3 is 2.11 bits per heavy atom. The number of sulfonamides is 1. The van der Waals surface area contributed by atoms with E-state index in [0.29, 0.717) is 24.5 Å². The number of aromatic nitrogens is 1. The third-order valence-corrected chi connectivity index (χ3v) is 9.15. The van der Waals surface area contributed by atoms with Crippen LogP contribution in [0.3, 0.4) is 0 Å². The summed E-state index contributed by atoms with van der Waals surface area (Å²) in [5.41, 5.74) is 0.531. The van der Waals surface area contributed by atoms with Gasteiger partial charge in [0.05, 0.1) is 11.1 Å². The number of aromatic amines is 1. The maximum Gasteiger partial charge on any atom is 0.416 e. The van der Waals surface area contributed by atoms with Gasteiger partial charge < -0.3 is 15.2 Å². The minimum absolute atomic E-state index is 0.00627. The Kier molecular flexibility index (Phi) is 7.70. The van der Waals surface area contributed by atoms with E-state index in [-0.39, 0.29) is 53.9 Å². The molecule has 2 N–H and O–H groups in total.